The van der Waals surface area contributed by atoms with Crippen molar-refractivity contribution in [3.05, 3.63) is 22.7 Å². The summed E-state index contributed by atoms with van der Waals surface area (Å²) in [5.74, 6) is 1.63. The predicted octanol–water partition coefficient (Wildman–Crippen LogP) is 3.56. The molecule has 0 spiro atoms. The third-order valence-electron chi connectivity index (χ3n) is 1.70. The van der Waals surface area contributed by atoms with Crippen LogP contribution in [0.1, 0.15) is 41.5 Å². The molecule has 70 valence electrons. The highest BCUT2D eigenvalue weighted by Gasteiger charge is 1.97. The van der Waals surface area contributed by atoms with Crippen LogP contribution in [-0.2, 0) is 9.78 Å². The van der Waals surface area contributed by atoms with Crippen LogP contribution in [0.4, 0.5) is 0 Å². The number of hydrogen-bond acceptors (Lipinski definition) is 2. The zero-order valence-electron chi connectivity index (χ0n) is 8.82. The molecule has 0 heterocycles. The molecule has 0 N–H and O–H groups in total. The van der Waals surface area contributed by atoms with Gasteiger partial charge >= 0.3 is 0 Å². The molecule has 0 unspecified atom stereocenters. The summed E-state index contributed by atoms with van der Waals surface area (Å²) < 4.78 is 0. The van der Waals surface area contributed by atoms with Gasteiger partial charge < -0.3 is 0 Å². The third kappa shape index (κ3) is 4.06. The van der Waals surface area contributed by atoms with Crippen molar-refractivity contribution >= 4 is 0 Å². The van der Waals surface area contributed by atoms with Gasteiger partial charge in [-0.05, 0) is 52.7 Å². The van der Waals surface area contributed by atoms with Gasteiger partial charge in [-0.3, -0.25) is 9.78 Å². The second kappa shape index (κ2) is 4.86. The summed E-state index contributed by atoms with van der Waals surface area (Å²) in [5.41, 5.74) is 2.24. The van der Waals surface area contributed by atoms with Gasteiger partial charge in [-0.1, -0.05) is 0 Å². The fraction of sp³-hybridized carbons (Fsp3) is 0.600. The molecule has 0 rings (SSSR count). The van der Waals surface area contributed by atoms with Gasteiger partial charge in [-0.15, -0.1) is 0 Å². The Morgan fingerprint density at radius 1 is 0.583 bits per heavy atom. The summed E-state index contributed by atoms with van der Waals surface area (Å²) in [5, 5.41) is 0. The van der Waals surface area contributed by atoms with Gasteiger partial charge in [-0.2, -0.15) is 0 Å². The van der Waals surface area contributed by atoms with Crippen molar-refractivity contribution in [3.63, 3.8) is 0 Å². The molecule has 0 aromatic heterocycles. The predicted molar refractivity (Wildman–Crippen MR) is 50.3 cm³/mol. The highest BCUT2D eigenvalue weighted by Crippen LogP contribution is 2.10. The van der Waals surface area contributed by atoms with Crippen LogP contribution in [0.15, 0.2) is 22.7 Å². The highest BCUT2D eigenvalue weighted by molar-refractivity contribution is 5.00. The molecule has 0 aliphatic rings. The van der Waals surface area contributed by atoms with Crippen LogP contribution in [0.2, 0.25) is 0 Å². The van der Waals surface area contributed by atoms with Crippen LogP contribution in [-0.4, -0.2) is 0 Å². The maximum absolute atomic E-state index is 5.05. The second-order valence-electron chi connectivity index (χ2n) is 3.28. The molecule has 2 heteroatoms. The summed E-state index contributed by atoms with van der Waals surface area (Å²) in [7, 11) is 0. The van der Waals surface area contributed by atoms with E-state index >= 15 is 0 Å². The molecule has 0 saturated carbocycles. The molecule has 2 nitrogen and oxygen atoms in total. The first-order chi connectivity index (χ1) is 5.45. The van der Waals surface area contributed by atoms with Crippen LogP contribution < -0.4 is 0 Å². The van der Waals surface area contributed by atoms with Crippen molar-refractivity contribution in [2.24, 2.45) is 0 Å². The molecule has 0 bridgehead atoms. The summed E-state index contributed by atoms with van der Waals surface area (Å²) >= 11 is 0. The van der Waals surface area contributed by atoms with Crippen LogP contribution >= 0.6 is 0 Å². The third-order valence-corrected chi connectivity index (χ3v) is 1.70. The van der Waals surface area contributed by atoms with Gasteiger partial charge in [-0.25, -0.2) is 0 Å². The van der Waals surface area contributed by atoms with Gasteiger partial charge in [0.15, 0.2) is 11.5 Å². The average Bonchev–Trinajstić information content (AvgIpc) is 1.98. The van der Waals surface area contributed by atoms with Crippen molar-refractivity contribution < 1.29 is 9.78 Å². The van der Waals surface area contributed by atoms with E-state index in [0.717, 1.165) is 22.7 Å². The van der Waals surface area contributed by atoms with E-state index in [9.17, 15) is 0 Å². The van der Waals surface area contributed by atoms with Gasteiger partial charge in [0.05, 0.1) is 0 Å². The van der Waals surface area contributed by atoms with Crippen molar-refractivity contribution in [3.8, 4) is 0 Å². The van der Waals surface area contributed by atoms with E-state index < -0.39 is 0 Å². The molecule has 0 amide bonds. The lowest BCUT2D eigenvalue weighted by Gasteiger charge is -2.08. The standard InChI is InChI=1S/C10H18O2/c1-7(2)9(5)11-12-10(6)8(3)4/h1-6H3. The maximum Gasteiger partial charge on any atom is 0.151 e. The molecule has 0 atom stereocenters. The highest BCUT2D eigenvalue weighted by atomic mass is 17.2. The molecule has 0 aliphatic carbocycles. The average molecular weight is 170 g/mol. The zero-order valence-corrected chi connectivity index (χ0v) is 8.82. The molecule has 12 heavy (non-hydrogen) atoms. The van der Waals surface area contributed by atoms with Crippen LogP contribution in [0, 0.1) is 0 Å². The number of rotatable bonds is 3. The van der Waals surface area contributed by atoms with Crippen molar-refractivity contribution in [2.75, 3.05) is 0 Å². The van der Waals surface area contributed by atoms with E-state index in [2.05, 4.69) is 0 Å². The van der Waals surface area contributed by atoms with Crippen molar-refractivity contribution in [1.82, 2.24) is 0 Å². The Bertz CT molecular complexity index is 180. The normalized spacial score (nSPS) is 8.83. The Kier molecular flexibility index (Phi) is 4.49. The van der Waals surface area contributed by atoms with Gasteiger partial charge in [0.2, 0.25) is 0 Å². The Morgan fingerprint density at radius 3 is 1.00 bits per heavy atom. The molecule has 0 radical (unpaired) electrons. The molecule has 0 saturated heterocycles. The SMILES string of the molecule is CC(C)=C(C)OOC(C)=C(C)C. The lowest BCUT2D eigenvalue weighted by molar-refractivity contribution is -0.226. The number of hydrogen-bond donors (Lipinski definition) is 0. The zero-order chi connectivity index (χ0) is 9.72. The minimum absolute atomic E-state index is 0.815. The molecule has 0 fully saturated rings. The van der Waals surface area contributed by atoms with Gasteiger partial charge in [0.1, 0.15) is 0 Å². The minimum Gasteiger partial charge on any atom is -0.295 e. The molecule has 0 aromatic carbocycles. The van der Waals surface area contributed by atoms with E-state index in [1.54, 1.807) is 0 Å². The van der Waals surface area contributed by atoms with Crippen LogP contribution in [0.5, 0.6) is 0 Å². The number of allylic oxidation sites excluding steroid dienone is 4. The first kappa shape index (κ1) is 11.1. The van der Waals surface area contributed by atoms with E-state index in [4.69, 9.17) is 9.78 Å². The Hall–Kier alpha value is -0.920. The lowest BCUT2D eigenvalue weighted by atomic mass is 10.3. The topological polar surface area (TPSA) is 18.5 Å². The largest absolute Gasteiger partial charge is 0.295 e. The monoisotopic (exact) mass is 170 g/mol. The fourth-order valence-corrected chi connectivity index (χ4v) is 0.292. The first-order valence-electron chi connectivity index (χ1n) is 4.07. The van der Waals surface area contributed by atoms with E-state index in [-0.39, 0.29) is 0 Å². The molecule has 0 aromatic rings. The smallest absolute Gasteiger partial charge is 0.151 e. The Labute approximate surface area is 74.8 Å². The van der Waals surface area contributed by atoms with Crippen LogP contribution in [0.25, 0.3) is 0 Å². The molecule has 0 aliphatic heterocycles. The van der Waals surface area contributed by atoms with Crippen molar-refractivity contribution in [1.29, 1.82) is 0 Å². The quantitative estimate of drug-likeness (QED) is 0.366. The van der Waals surface area contributed by atoms with Crippen molar-refractivity contribution in [2.45, 2.75) is 41.5 Å². The molecular formula is C10H18O2. The van der Waals surface area contributed by atoms with Gasteiger partial charge in [0, 0.05) is 0 Å². The first-order valence-corrected chi connectivity index (χ1v) is 4.07. The van der Waals surface area contributed by atoms with E-state index in [0.29, 0.717) is 0 Å². The lowest BCUT2D eigenvalue weighted by Crippen LogP contribution is -1.93. The summed E-state index contributed by atoms with van der Waals surface area (Å²) in [6.07, 6.45) is 0. The maximum atomic E-state index is 5.05. The molecular weight excluding hydrogens is 152 g/mol. The Morgan fingerprint density at radius 2 is 0.833 bits per heavy atom. The van der Waals surface area contributed by atoms with E-state index in [1.807, 2.05) is 41.5 Å². The summed E-state index contributed by atoms with van der Waals surface area (Å²) in [6, 6.07) is 0. The summed E-state index contributed by atoms with van der Waals surface area (Å²) in [4.78, 5) is 10.1. The summed E-state index contributed by atoms with van der Waals surface area (Å²) in [6.45, 7) is 11.7. The Balaban J connectivity index is 4.03. The minimum atomic E-state index is 0.815. The van der Waals surface area contributed by atoms with Gasteiger partial charge in [0.25, 0.3) is 0 Å². The second-order valence-corrected chi connectivity index (χ2v) is 3.28. The van der Waals surface area contributed by atoms with E-state index in [1.165, 1.54) is 0 Å². The fourth-order valence-electron chi connectivity index (χ4n) is 0.292. The van der Waals surface area contributed by atoms with Crippen LogP contribution in [0.3, 0.4) is 0 Å².